The first kappa shape index (κ1) is 14.8. The van der Waals surface area contributed by atoms with Crippen LogP contribution < -0.4 is 5.32 Å². The third-order valence-corrected chi connectivity index (χ3v) is 4.58. The van der Waals surface area contributed by atoms with Crippen molar-refractivity contribution in [2.45, 2.75) is 31.7 Å². The first-order valence-electron chi connectivity index (χ1n) is 7.33. The fourth-order valence-electron chi connectivity index (χ4n) is 2.71. The molecule has 1 N–H and O–H groups in total. The molecule has 2 rings (SSSR count). The molecule has 0 spiro atoms. The summed E-state index contributed by atoms with van der Waals surface area (Å²) in [5.41, 5.74) is 1.15. The second-order valence-corrected chi connectivity index (χ2v) is 5.93. The van der Waals surface area contributed by atoms with E-state index in [1.165, 1.54) is 44.5 Å². The first-order chi connectivity index (χ1) is 9.24. The molecule has 0 saturated carbocycles. The maximum Gasteiger partial charge on any atom is 0.0543 e. The standard InChI is InChI=1S/C16H25ClN2/c1-16(14-17,15-8-3-2-4-9-15)18-10-7-13-19-11-5-6-12-19/h2-4,8-9,18H,5-7,10-14H2,1H3. The number of nitrogens with one attached hydrogen (secondary N) is 1. The first-order valence-corrected chi connectivity index (χ1v) is 7.87. The topological polar surface area (TPSA) is 15.3 Å². The number of benzene rings is 1. The van der Waals surface area contributed by atoms with Gasteiger partial charge in [0.25, 0.3) is 0 Å². The predicted octanol–water partition coefficient (Wildman–Crippen LogP) is 3.22. The number of hydrogen-bond donors (Lipinski definition) is 1. The summed E-state index contributed by atoms with van der Waals surface area (Å²) in [7, 11) is 0. The molecule has 2 nitrogen and oxygen atoms in total. The van der Waals surface area contributed by atoms with Gasteiger partial charge in [0.05, 0.1) is 5.54 Å². The maximum atomic E-state index is 6.18. The van der Waals surface area contributed by atoms with Gasteiger partial charge in [-0.05, 0) is 57.9 Å². The lowest BCUT2D eigenvalue weighted by molar-refractivity contribution is 0.317. The van der Waals surface area contributed by atoms with Crippen molar-refractivity contribution in [2.75, 3.05) is 32.1 Å². The normalized spacial score (nSPS) is 19.5. The Hall–Kier alpha value is -0.570. The summed E-state index contributed by atoms with van der Waals surface area (Å²) >= 11 is 6.18. The number of halogens is 1. The molecule has 1 aliphatic rings. The van der Waals surface area contributed by atoms with Gasteiger partial charge >= 0.3 is 0 Å². The molecule has 1 atom stereocenters. The average molecular weight is 281 g/mol. The van der Waals surface area contributed by atoms with Gasteiger partial charge in [0.2, 0.25) is 0 Å². The molecule has 1 heterocycles. The Bertz CT molecular complexity index is 362. The zero-order valence-corrected chi connectivity index (χ0v) is 12.6. The van der Waals surface area contributed by atoms with Crippen LogP contribution in [0.2, 0.25) is 0 Å². The van der Waals surface area contributed by atoms with E-state index >= 15 is 0 Å². The number of rotatable bonds is 7. The van der Waals surface area contributed by atoms with E-state index < -0.39 is 0 Å². The van der Waals surface area contributed by atoms with Crippen molar-refractivity contribution in [3.8, 4) is 0 Å². The van der Waals surface area contributed by atoms with Crippen LogP contribution in [0, 0.1) is 0 Å². The van der Waals surface area contributed by atoms with Gasteiger partial charge in [-0.1, -0.05) is 30.3 Å². The van der Waals surface area contributed by atoms with E-state index in [9.17, 15) is 0 Å². The predicted molar refractivity (Wildman–Crippen MR) is 82.8 cm³/mol. The van der Waals surface area contributed by atoms with Gasteiger partial charge in [-0.3, -0.25) is 0 Å². The van der Waals surface area contributed by atoms with Gasteiger partial charge < -0.3 is 10.2 Å². The molecule has 1 aromatic carbocycles. The molecular formula is C16H25ClN2. The Morgan fingerprint density at radius 3 is 2.53 bits per heavy atom. The Morgan fingerprint density at radius 1 is 1.21 bits per heavy atom. The monoisotopic (exact) mass is 280 g/mol. The highest BCUT2D eigenvalue weighted by atomic mass is 35.5. The Kier molecular flexibility index (Phi) is 5.68. The molecule has 1 fully saturated rings. The minimum Gasteiger partial charge on any atom is -0.307 e. The van der Waals surface area contributed by atoms with Gasteiger partial charge in [0.15, 0.2) is 0 Å². The van der Waals surface area contributed by atoms with Gasteiger partial charge in [0, 0.05) is 5.88 Å². The lowest BCUT2D eigenvalue weighted by Crippen LogP contribution is -2.42. The molecule has 3 heteroatoms. The quantitative estimate of drug-likeness (QED) is 0.609. The maximum absolute atomic E-state index is 6.18. The van der Waals surface area contributed by atoms with Crippen LogP contribution in [0.15, 0.2) is 30.3 Å². The van der Waals surface area contributed by atoms with Crippen LogP contribution in [0.3, 0.4) is 0 Å². The third-order valence-electron chi connectivity index (χ3n) is 4.04. The van der Waals surface area contributed by atoms with Crippen LogP contribution in [0.5, 0.6) is 0 Å². The molecule has 0 amide bonds. The van der Waals surface area contributed by atoms with E-state index in [0.29, 0.717) is 5.88 Å². The summed E-state index contributed by atoms with van der Waals surface area (Å²) in [6.45, 7) is 6.98. The van der Waals surface area contributed by atoms with Crippen molar-refractivity contribution >= 4 is 11.6 Å². The summed E-state index contributed by atoms with van der Waals surface area (Å²) in [5.74, 6) is 0.598. The van der Waals surface area contributed by atoms with Crippen molar-refractivity contribution < 1.29 is 0 Å². The Labute approximate surface area is 122 Å². The van der Waals surface area contributed by atoms with E-state index in [-0.39, 0.29) is 5.54 Å². The molecular weight excluding hydrogens is 256 g/mol. The minimum absolute atomic E-state index is 0.117. The third kappa shape index (κ3) is 4.20. The van der Waals surface area contributed by atoms with Crippen molar-refractivity contribution in [2.24, 2.45) is 0 Å². The smallest absolute Gasteiger partial charge is 0.0543 e. The highest BCUT2D eigenvalue weighted by molar-refractivity contribution is 6.18. The van der Waals surface area contributed by atoms with E-state index in [0.717, 1.165) is 6.54 Å². The SMILES string of the molecule is CC(CCl)(NCCCN1CCCC1)c1ccccc1. The zero-order chi connectivity index (χ0) is 13.6. The van der Waals surface area contributed by atoms with E-state index in [2.05, 4.69) is 41.4 Å². The molecule has 0 aromatic heterocycles. The molecule has 1 saturated heterocycles. The van der Waals surface area contributed by atoms with Gasteiger partial charge in [-0.25, -0.2) is 0 Å². The minimum atomic E-state index is -0.117. The summed E-state index contributed by atoms with van der Waals surface area (Å²) < 4.78 is 0. The molecule has 0 radical (unpaired) electrons. The largest absolute Gasteiger partial charge is 0.307 e. The summed E-state index contributed by atoms with van der Waals surface area (Å²) in [4.78, 5) is 2.56. The molecule has 1 aliphatic heterocycles. The number of hydrogen-bond acceptors (Lipinski definition) is 2. The van der Waals surface area contributed by atoms with E-state index in [1.807, 2.05) is 6.07 Å². The van der Waals surface area contributed by atoms with Crippen LogP contribution in [0.1, 0.15) is 31.7 Å². The molecule has 1 unspecified atom stereocenters. The van der Waals surface area contributed by atoms with E-state index in [4.69, 9.17) is 11.6 Å². The van der Waals surface area contributed by atoms with E-state index in [1.54, 1.807) is 0 Å². The molecule has 1 aromatic rings. The van der Waals surface area contributed by atoms with Gasteiger partial charge in [-0.15, -0.1) is 11.6 Å². The summed E-state index contributed by atoms with van der Waals surface area (Å²) in [6, 6.07) is 10.5. The van der Waals surface area contributed by atoms with Gasteiger partial charge in [0.1, 0.15) is 0 Å². The van der Waals surface area contributed by atoms with Crippen LogP contribution >= 0.6 is 11.6 Å². The van der Waals surface area contributed by atoms with Gasteiger partial charge in [-0.2, -0.15) is 0 Å². The van der Waals surface area contributed by atoms with Crippen molar-refractivity contribution in [1.82, 2.24) is 10.2 Å². The van der Waals surface area contributed by atoms with Crippen molar-refractivity contribution in [1.29, 1.82) is 0 Å². The molecule has 0 aliphatic carbocycles. The van der Waals surface area contributed by atoms with Crippen LogP contribution in [-0.4, -0.2) is 37.0 Å². The molecule has 106 valence electrons. The Balaban J connectivity index is 1.78. The van der Waals surface area contributed by atoms with Crippen molar-refractivity contribution in [3.63, 3.8) is 0 Å². The number of nitrogens with zero attached hydrogens (tertiary/aromatic N) is 1. The second-order valence-electron chi connectivity index (χ2n) is 5.66. The second kappa shape index (κ2) is 7.28. The lowest BCUT2D eigenvalue weighted by Gasteiger charge is -2.30. The number of likely N-dealkylation sites (tertiary alicyclic amines) is 1. The lowest BCUT2D eigenvalue weighted by atomic mass is 9.94. The number of alkyl halides is 1. The van der Waals surface area contributed by atoms with Crippen LogP contribution in [-0.2, 0) is 5.54 Å². The molecule has 0 bridgehead atoms. The fraction of sp³-hybridized carbons (Fsp3) is 0.625. The zero-order valence-electron chi connectivity index (χ0n) is 11.9. The summed E-state index contributed by atoms with van der Waals surface area (Å²) in [5, 5.41) is 3.63. The fourth-order valence-corrected chi connectivity index (χ4v) is 2.95. The Morgan fingerprint density at radius 2 is 1.89 bits per heavy atom. The van der Waals surface area contributed by atoms with Crippen LogP contribution in [0.4, 0.5) is 0 Å². The highest BCUT2D eigenvalue weighted by Gasteiger charge is 2.24. The van der Waals surface area contributed by atoms with Crippen molar-refractivity contribution in [3.05, 3.63) is 35.9 Å². The molecule has 19 heavy (non-hydrogen) atoms. The average Bonchev–Trinajstić information content (AvgIpc) is 2.97. The van der Waals surface area contributed by atoms with Crippen LogP contribution in [0.25, 0.3) is 0 Å². The summed E-state index contributed by atoms with van der Waals surface area (Å²) in [6.07, 6.45) is 3.94. The highest BCUT2D eigenvalue weighted by Crippen LogP contribution is 2.22.